The molecule has 6 heterocycles. The molecule has 4 saturated carbocycles. The molecule has 73 heavy (non-hydrogen) atoms. The lowest BCUT2D eigenvalue weighted by molar-refractivity contribution is -0.393. The summed E-state index contributed by atoms with van der Waals surface area (Å²) < 4.78 is 60.1. The Kier molecular flexibility index (Phi) is 15.9. The number of hydrogen-bond acceptors (Lipinski definition) is 23. The first-order valence-corrected chi connectivity index (χ1v) is 26.7. The third-order valence-corrected chi connectivity index (χ3v) is 19.9. The molecule has 23 heteroatoms. The van der Waals surface area contributed by atoms with Crippen LogP contribution in [-0.4, -0.2) is 235 Å². The summed E-state index contributed by atoms with van der Waals surface area (Å²) in [6.07, 6.45) is -25.6. The maximum atomic E-state index is 14.6. The number of ketones is 1. The van der Waals surface area contributed by atoms with E-state index in [1.54, 1.807) is 0 Å². The maximum absolute atomic E-state index is 14.6. The number of aliphatic hydroxyl groups is 12. The van der Waals surface area contributed by atoms with Gasteiger partial charge < -0.3 is 109 Å². The van der Waals surface area contributed by atoms with Crippen molar-refractivity contribution < 1.29 is 113 Å². The topological polar surface area (TPSA) is 352 Å². The minimum absolute atomic E-state index is 0.000453. The predicted octanol–water partition coefficient (Wildman–Crippen LogP) is -3.09. The molecule has 10 aliphatic rings. The van der Waals surface area contributed by atoms with E-state index in [-0.39, 0.29) is 47.2 Å². The second-order valence-electron chi connectivity index (χ2n) is 23.7. The molecule has 31 atom stereocenters. The summed E-state index contributed by atoms with van der Waals surface area (Å²) >= 11 is 0. The van der Waals surface area contributed by atoms with Gasteiger partial charge in [0.2, 0.25) is 0 Å². The van der Waals surface area contributed by atoms with Crippen molar-refractivity contribution in [3.63, 3.8) is 0 Å². The lowest BCUT2D eigenvalue weighted by atomic mass is 9.44. The number of rotatable bonds is 11. The van der Waals surface area contributed by atoms with Gasteiger partial charge in [-0.05, 0) is 80.0 Å². The summed E-state index contributed by atoms with van der Waals surface area (Å²) in [5.74, 6) is 1.53. The number of carbonyl (C=O) groups is 1. The first kappa shape index (κ1) is 55.1. The van der Waals surface area contributed by atoms with Gasteiger partial charge in [0.1, 0.15) is 97.3 Å². The molecule has 0 unspecified atom stereocenters. The summed E-state index contributed by atoms with van der Waals surface area (Å²) in [6.45, 7) is 6.70. The van der Waals surface area contributed by atoms with E-state index in [2.05, 4.69) is 27.7 Å². The van der Waals surface area contributed by atoms with E-state index in [1.807, 2.05) is 0 Å². The van der Waals surface area contributed by atoms with Crippen molar-refractivity contribution in [3.05, 3.63) is 0 Å². The fourth-order valence-electron chi connectivity index (χ4n) is 15.6. The number of Topliss-reactive ketones (excluding diaryl/α,β-unsaturated/α-hetero) is 1. The second kappa shape index (κ2) is 21.1. The standard InChI is InChI=1S/C50H80O23/c1-19-7-10-50(65-17-19)20(2)32-27(73-50)12-25-23-6-5-21-11-22(8-9-48(21,3)24(23)13-31(55)49(25,32)4)66-45-39(62)36(59)41(29(15-52)68-45)70-46-40(63)37(60)42(30(16-53)69-46)71-47-43(35(58)34(57)28(14-51)67-47)72-44-38(61)33(56)26(54)18-64-44/h19-30,32-47,51-54,56-63H,5-18H2,1-4H3/t19-,20+,21-,22-,23+,24+,25-,26+,27+,28+,29+,30+,32+,33-,34+,35-,36+,37+,38+,39+,40+,41+,42+,43+,44-,45+,46-,47-,48+,49-,50+/m1/s1. The summed E-state index contributed by atoms with van der Waals surface area (Å²) in [6, 6.07) is 0. The molecule has 6 saturated heterocycles. The monoisotopic (exact) mass is 1050 g/mol. The van der Waals surface area contributed by atoms with Gasteiger partial charge in [-0.25, -0.2) is 0 Å². The van der Waals surface area contributed by atoms with Crippen LogP contribution in [0.3, 0.4) is 0 Å². The average molecular weight is 1050 g/mol. The quantitative estimate of drug-likeness (QED) is 0.0913. The fourth-order valence-corrected chi connectivity index (χ4v) is 15.6. The van der Waals surface area contributed by atoms with Crippen LogP contribution in [0.4, 0.5) is 0 Å². The van der Waals surface area contributed by atoms with Gasteiger partial charge in [0.05, 0.1) is 45.2 Å². The van der Waals surface area contributed by atoms with Gasteiger partial charge in [-0.3, -0.25) is 4.79 Å². The Balaban J connectivity index is 0.756. The largest absolute Gasteiger partial charge is 0.394 e. The molecule has 6 aliphatic heterocycles. The maximum Gasteiger partial charge on any atom is 0.187 e. The molecule has 10 fully saturated rings. The van der Waals surface area contributed by atoms with Crippen LogP contribution in [0, 0.1) is 52.3 Å². The Labute approximate surface area is 423 Å². The predicted molar refractivity (Wildman–Crippen MR) is 243 cm³/mol. The minimum Gasteiger partial charge on any atom is -0.394 e. The van der Waals surface area contributed by atoms with Crippen LogP contribution < -0.4 is 0 Å². The van der Waals surface area contributed by atoms with Crippen molar-refractivity contribution in [2.24, 2.45) is 52.3 Å². The van der Waals surface area contributed by atoms with Crippen LogP contribution in [0.15, 0.2) is 0 Å². The highest BCUT2D eigenvalue weighted by Crippen LogP contribution is 2.70. The van der Waals surface area contributed by atoms with Crippen LogP contribution >= 0.6 is 0 Å². The van der Waals surface area contributed by atoms with E-state index in [4.69, 9.17) is 47.4 Å². The SMILES string of the molecule is C[C@@H]1CC[C@]2(OC1)O[C@H]1C[C@@H]3[C@H]4CC[C@@H]5C[C@H](O[C@H]6O[C@@H](CO)[C@H](O[C@H]7O[C@@H](CO)[C@H](O[C@H]8O[C@@H](CO)[C@H](O)[C@@H](O)[C@@H]8O[C@H]8OC[C@H](O)[C@@H](O)[C@@H]8O)[C@@H](O)[C@@H]7O)[C@@H](O)[C@@H]6O)CC[C@]5(C)[C@H]4CC(=O)[C@]3(C)[C@H]1[C@@H]2C. The van der Waals surface area contributed by atoms with Crippen molar-refractivity contribution in [3.8, 4) is 0 Å². The molecular weight excluding hydrogens is 969 g/mol. The summed E-state index contributed by atoms with van der Waals surface area (Å²) in [7, 11) is 0. The lowest BCUT2D eigenvalue weighted by Crippen LogP contribution is -2.67. The molecule has 0 bridgehead atoms. The van der Waals surface area contributed by atoms with E-state index in [9.17, 15) is 66.1 Å². The Morgan fingerprint density at radius 1 is 0.589 bits per heavy atom. The summed E-state index contributed by atoms with van der Waals surface area (Å²) in [4.78, 5) is 14.6. The van der Waals surface area contributed by atoms with Crippen LogP contribution in [-0.2, 0) is 52.2 Å². The molecule has 1 spiro atoms. The van der Waals surface area contributed by atoms with Crippen molar-refractivity contribution in [1.82, 2.24) is 0 Å². The third-order valence-electron chi connectivity index (χ3n) is 19.9. The second-order valence-corrected chi connectivity index (χ2v) is 23.7. The molecule has 0 radical (unpaired) electrons. The van der Waals surface area contributed by atoms with Gasteiger partial charge in [-0.1, -0.05) is 27.7 Å². The van der Waals surface area contributed by atoms with E-state index in [0.29, 0.717) is 43.5 Å². The highest BCUT2D eigenvalue weighted by molar-refractivity contribution is 5.87. The summed E-state index contributed by atoms with van der Waals surface area (Å²) in [5, 5.41) is 129. The fraction of sp³-hybridized carbons (Fsp3) is 0.980. The lowest BCUT2D eigenvalue weighted by Gasteiger charge is -2.60. The molecule has 418 valence electrons. The first-order valence-electron chi connectivity index (χ1n) is 26.7. The van der Waals surface area contributed by atoms with Gasteiger partial charge in [-0.2, -0.15) is 0 Å². The van der Waals surface area contributed by atoms with Crippen molar-refractivity contribution >= 4 is 5.78 Å². The Bertz CT molecular complexity index is 1910. The average Bonchev–Trinajstić information content (AvgIpc) is 3.83. The van der Waals surface area contributed by atoms with Crippen LogP contribution in [0.25, 0.3) is 0 Å². The van der Waals surface area contributed by atoms with E-state index < -0.39 is 154 Å². The zero-order chi connectivity index (χ0) is 52.2. The Morgan fingerprint density at radius 3 is 1.81 bits per heavy atom. The zero-order valence-corrected chi connectivity index (χ0v) is 41.9. The zero-order valence-electron chi connectivity index (χ0n) is 41.9. The molecule has 0 amide bonds. The Hall–Kier alpha value is -1.21. The van der Waals surface area contributed by atoms with Gasteiger partial charge in [0.15, 0.2) is 30.9 Å². The smallest absolute Gasteiger partial charge is 0.187 e. The van der Waals surface area contributed by atoms with Crippen LogP contribution in [0.5, 0.6) is 0 Å². The van der Waals surface area contributed by atoms with Gasteiger partial charge in [0, 0.05) is 30.1 Å². The highest BCUT2D eigenvalue weighted by Gasteiger charge is 2.72. The molecule has 12 N–H and O–H groups in total. The van der Waals surface area contributed by atoms with Crippen molar-refractivity contribution in [2.75, 3.05) is 33.0 Å². The summed E-state index contributed by atoms with van der Waals surface area (Å²) in [5.41, 5.74) is -0.588. The number of fused-ring (bicyclic) bond motifs is 7. The molecule has 4 aliphatic carbocycles. The Morgan fingerprint density at radius 2 is 1.18 bits per heavy atom. The van der Waals surface area contributed by atoms with Gasteiger partial charge in [-0.15, -0.1) is 0 Å². The first-order chi connectivity index (χ1) is 34.7. The number of hydrogen-bond donors (Lipinski definition) is 12. The number of carbonyl (C=O) groups excluding carboxylic acids is 1. The number of ether oxygens (including phenoxy) is 10. The molecule has 0 aromatic heterocycles. The van der Waals surface area contributed by atoms with Crippen molar-refractivity contribution in [1.29, 1.82) is 0 Å². The van der Waals surface area contributed by atoms with Gasteiger partial charge in [0.25, 0.3) is 0 Å². The molecule has 23 nitrogen and oxygen atoms in total. The van der Waals surface area contributed by atoms with E-state index in [1.165, 1.54) is 0 Å². The van der Waals surface area contributed by atoms with Gasteiger partial charge >= 0.3 is 0 Å². The molecule has 0 aromatic rings. The third kappa shape index (κ3) is 9.30. The molecule has 10 rings (SSSR count). The normalized spacial score (nSPS) is 57.2. The van der Waals surface area contributed by atoms with E-state index >= 15 is 0 Å². The minimum atomic E-state index is -2.02. The van der Waals surface area contributed by atoms with Crippen LogP contribution in [0.2, 0.25) is 0 Å². The van der Waals surface area contributed by atoms with Crippen LogP contribution in [0.1, 0.15) is 85.5 Å². The van der Waals surface area contributed by atoms with Crippen molar-refractivity contribution in [2.45, 2.75) is 220 Å². The highest BCUT2D eigenvalue weighted by atomic mass is 16.8. The molecule has 0 aromatic carbocycles. The molecular formula is C50H80O23. The van der Waals surface area contributed by atoms with E-state index in [0.717, 1.165) is 38.5 Å². The number of aliphatic hydroxyl groups excluding tert-OH is 12.